The number of nitrogens with zero attached hydrogens (tertiary/aromatic N) is 3. The number of rotatable bonds is 7. The Hall–Kier alpha value is -2.51. The van der Waals surface area contributed by atoms with E-state index in [2.05, 4.69) is 9.97 Å². The molecule has 0 atom stereocenters. The molecule has 148 valence electrons. The number of thiophene rings is 1. The summed E-state index contributed by atoms with van der Waals surface area (Å²) in [5, 5.41) is 0.791. The Kier molecular flexibility index (Phi) is 6.26. The lowest BCUT2D eigenvalue weighted by atomic mass is 10.1. The van der Waals surface area contributed by atoms with Gasteiger partial charge in [-0.15, -0.1) is 11.3 Å². The fourth-order valence-electron chi connectivity index (χ4n) is 3.09. The normalized spacial score (nSPS) is 11.2. The van der Waals surface area contributed by atoms with E-state index < -0.39 is 0 Å². The largest absolute Gasteiger partial charge is 0.480 e. The van der Waals surface area contributed by atoms with E-state index in [1.165, 1.54) is 11.3 Å². The van der Waals surface area contributed by atoms with Gasteiger partial charge in [-0.25, -0.2) is 4.98 Å². The highest BCUT2D eigenvalue weighted by atomic mass is 32.1. The summed E-state index contributed by atoms with van der Waals surface area (Å²) in [5.74, 6) is 1.01. The second kappa shape index (κ2) is 8.67. The van der Waals surface area contributed by atoms with Crippen molar-refractivity contribution in [2.45, 2.75) is 40.0 Å². The summed E-state index contributed by atoms with van der Waals surface area (Å²) in [6.45, 7) is 6.83. The van der Waals surface area contributed by atoms with Crippen molar-refractivity contribution in [1.82, 2.24) is 14.9 Å². The maximum absolute atomic E-state index is 13.4. The van der Waals surface area contributed by atoms with Crippen LogP contribution in [0.15, 0.2) is 30.3 Å². The van der Waals surface area contributed by atoms with Crippen molar-refractivity contribution in [1.29, 1.82) is 0 Å². The molecular formula is C21H25N3O3S. The highest BCUT2D eigenvalue weighted by molar-refractivity contribution is 7.20. The summed E-state index contributed by atoms with van der Waals surface area (Å²) in [6.07, 6.45) is 0. The zero-order chi connectivity index (χ0) is 20.3. The van der Waals surface area contributed by atoms with Crippen molar-refractivity contribution < 1.29 is 14.3 Å². The van der Waals surface area contributed by atoms with Gasteiger partial charge in [0.05, 0.1) is 17.4 Å². The monoisotopic (exact) mass is 399 g/mol. The fraction of sp³-hybridized carbons (Fsp3) is 0.381. The second-order valence-corrected chi connectivity index (χ2v) is 7.83. The number of hydrogen-bond acceptors (Lipinski definition) is 6. The lowest BCUT2D eigenvalue weighted by Crippen LogP contribution is -2.36. The molecule has 0 aliphatic rings. The summed E-state index contributed by atoms with van der Waals surface area (Å²) >= 11 is 1.38. The first-order valence-electron chi connectivity index (χ1n) is 9.14. The zero-order valence-electron chi connectivity index (χ0n) is 16.9. The molecule has 2 heterocycles. The lowest BCUT2D eigenvalue weighted by Gasteiger charge is -2.26. The second-order valence-electron chi connectivity index (χ2n) is 6.83. The van der Waals surface area contributed by atoms with Gasteiger partial charge in [-0.05, 0) is 31.9 Å². The Morgan fingerprint density at radius 2 is 1.89 bits per heavy atom. The van der Waals surface area contributed by atoms with Crippen LogP contribution >= 0.6 is 11.3 Å². The molecule has 0 bridgehead atoms. The molecule has 0 spiro atoms. The minimum absolute atomic E-state index is 0.00491. The molecule has 0 N–H and O–H groups in total. The third-order valence-corrected chi connectivity index (χ3v) is 5.72. The van der Waals surface area contributed by atoms with Gasteiger partial charge in [0.25, 0.3) is 5.91 Å². The predicted molar refractivity (Wildman–Crippen MR) is 111 cm³/mol. The highest BCUT2D eigenvalue weighted by Gasteiger charge is 2.26. The first-order valence-corrected chi connectivity index (χ1v) is 9.95. The maximum atomic E-state index is 13.4. The maximum Gasteiger partial charge on any atom is 0.264 e. The van der Waals surface area contributed by atoms with Gasteiger partial charge in [0.1, 0.15) is 11.4 Å². The molecule has 2 aromatic heterocycles. The van der Waals surface area contributed by atoms with Crippen LogP contribution in [0, 0.1) is 6.92 Å². The van der Waals surface area contributed by atoms with Gasteiger partial charge in [0, 0.05) is 19.7 Å². The average molecular weight is 400 g/mol. The first kappa shape index (κ1) is 20.2. The molecule has 1 amide bonds. The number of hydrogen-bond donors (Lipinski definition) is 0. The Labute approximate surface area is 169 Å². The Bertz CT molecular complexity index is 970. The van der Waals surface area contributed by atoms with E-state index in [-0.39, 0.29) is 11.9 Å². The third kappa shape index (κ3) is 4.00. The van der Waals surface area contributed by atoms with Crippen molar-refractivity contribution in [2.24, 2.45) is 0 Å². The van der Waals surface area contributed by atoms with Crippen LogP contribution in [0.5, 0.6) is 5.88 Å². The summed E-state index contributed by atoms with van der Waals surface area (Å²) < 4.78 is 10.6. The van der Waals surface area contributed by atoms with Crippen molar-refractivity contribution in [2.75, 3.05) is 14.2 Å². The van der Waals surface area contributed by atoms with Crippen LogP contribution < -0.4 is 4.74 Å². The molecular weight excluding hydrogens is 374 g/mol. The SMILES string of the molecule is COCc1nc(OC)c2c(C)c(C(=O)N(Cc3ccccc3)C(C)C)sc2n1. The van der Waals surface area contributed by atoms with Crippen LogP contribution in [-0.2, 0) is 17.9 Å². The van der Waals surface area contributed by atoms with E-state index in [0.717, 1.165) is 21.3 Å². The molecule has 28 heavy (non-hydrogen) atoms. The van der Waals surface area contributed by atoms with Crippen LogP contribution in [0.3, 0.4) is 0 Å². The quantitative estimate of drug-likeness (QED) is 0.596. The molecule has 0 unspecified atom stereocenters. The van der Waals surface area contributed by atoms with Crippen LogP contribution in [0.25, 0.3) is 10.2 Å². The topological polar surface area (TPSA) is 64.6 Å². The predicted octanol–water partition coefficient (Wildman–Crippen LogP) is 4.21. The Morgan fingerprint density at radius 1 is 1.18 bits per heavy atom. The standard InChI is InChI=1S/C21H25N3O3S/c1-13(2)24(11-15-9-7-6-8-10-15)21(25)18-14(3)17-19(27-5)22-16(12-26-4)23-20(17)28-18/h6-10,13H,11-12H2,1-5H3. The van der Waals surface area contributed by atoms with Crippen molar-refractivity contribution in [3.05, 3.63) is 52.2 Å². The number of aromatic nitrogens is 2. The molecule has 0 aliphatic carbocycles. The van der Waals surface area contributed by atoms with E-state index >= 15 is 0 Å². The molecule has 7 heteroatoms. The number of benzene rings is 1. The molecule has 3 aromatic rings. The fourth-order valence-corrected chi connectivity index (χ4v) is 4.24. The van der Waals surface area contributed by atoms with Crippen molar-refractivity contribution >= 4 is 27.5 Å². The Balaban J connectivity index is 2.03. The number of carbonyl (C=O) groups is 1. The van der Waals surface area contributed by atoms with Gasteiger partial charge in [-0.3, -0.25) is 4.79 Å². The molecule has 6 nitrogen and oxygen atoms in total. The lowest BCUT2D eigenvalue weighted by molar-refractivity contribution is 0.0695. The van der Waals surface area contributed by atoms with Gasteiger partial charge in [0.2, 0.25) is 5.88 Å². The van der Waals surface area contributed by atoms with Gasteiger partial charge >= 0.3 is 0 Å². The summed E-state index contributed by atoms with van der Waals surface area (Å²) in [5.41, 5.74) is 1.95. The molecule has 0 saturated heterocycles. The average Bonchev–Trinajstić information content (AvgIpc) is 3.02. The van der Waals surface area contributed by atoms with Crippen LogP contribution in [0.1, 0.15) is 40.5 Å². The number of fused-ring (bicyclic) bond motifs is 1. The van der Waals surface area contributed by atoms with E-state index in [9.17, 15) is 4.79 Å². The van der Waals surface area contributed by atoms with Crippen LogP contribution in [-0.4, -0.2) is 41.0 Å². The zero-order valence-corrected chi connectivity index (χ0v) is 17.7. The van der Waals surface area contributed by atoms with E-state index in [1.54, 1.807) is 14.2 Å². The highest BCUT2D eigenvalue weighted by Crippen LogP contribution is 2.36. The van der Waals surface area contributed by atoms with Gasteiger partial charge in [-0.1, -0.05) is 30.3 Å². The molecule has 3 rings (SSSR count). The van der Waals surface area contributed by atoms with Crippen LogP contribution in [0.2, 0.25) is 0 Å². The molecule has 1 aromatic carbocycles. The number of amides is 1. The van der Waals surface area contributed by atoms with E-state index in [1.807, 2.05) is 56.0 Å². The number of methoxy groups -OCH3 is 2. The van der Waals surface area contributed by atoms with Crippen molar-refractivity contribution in [3.8, 4) is 5.88 Å². The Morgan fingerprint density at radius 3 is 2.50 bits per heavy atom. The number of aryl methyl sites for hydroxylation is 1. The number of ether oxygens (including phenoxy) is 2. The smallest absolute Gasteiger partial charge is 0.264 e. The van der Waals surface area contributed by atoms with Crippen molar-refractivity contribution in [3.63, 3.8) is 0 Å². The molecule has 0 aliphatic heterocycles. The first-order chi connectivity index (χ1) is 13.5. The minimum atomic E-state index is -0.00491. The van der Waals surface area contributed by atoms with Gasteiger partial charge < -0.3 is 14.4 Å². The summed E-state index contributed by atoms with van der Waals surface area (Å²) in [4.78, 5) is 25.7. The van der Waals surface area contributed by atoms with Gasteiger partial charge in [0.15, 0.2) is 5.82 Å². The minimum Gasteiger partial charge on any atom is -0.480 e. The molecule has 0 saturated carbocycles. The van der Waals surface area contributed by atoms with Gasteiger partial charge in [-0.2, -0.15) is 4.98 Å². The number of carbonyl (C=O) groups excluding carboxylic acids is 1. The molecule has 0 radical (unpaired) electrons. The molecule has 0 fully saturated rings. The van der Waals surface area contributed by atoms with Crippen LogP contribution in [0.4, 0.5) is 0 Å². The summed E-state index contributed by atoms with van der Waals surface area (Å²) in [6, 6.07) is 10.1. The van der Waals surface area contributed by atoms with E-state index in [0.29, 0.717) is 29.7 Å². The van der Waals surface area contributed by atoms with E-state index in [4.69, 9.17) is 9.47 Å². The summed E-state index contributed by atoms with van der Waals surface area (Å²) in [7, 11) is 3.17. The third-order valence-electron chi connectivity index (χ3n) is 4.54.